The monoisotopic (exact) mass is 309 g/mol. The third kappa shape index (κ3) is 3.06. The quantitative estimate of drug-likeness (QED) is 0.638. The lowest BCUT2D eigenvalue weighted by Gasteiger charge is -2.36. The number of aromatic nitrogens is 1. The van der Waals surface area contributed by atoms with E-state index in [0.717, 1.165) is 18.8 Å². The molecule has 0 spiro atoms. The van der Waals surface area contributed by atoms with Crippen LogP contribution in [0.4, 0.5) is 17.1 Å². The molecule has 0 N–H and O–H groups in total. The Morgan fingerprint density at radius 2 is 1.78 bits per heavy atom. The van der Waals surface area contributed by atoms with Crippen molar-refractivity contribution in [3.8, 4) is 6.07 Å². The van der Waals surface area contributed by atoms with Gasteiger partial charge in [0.25, 0.3) is 5.69 Å². The summed E-state index contributed by atoms with van der Waals surface area (Å²) in [5, 5.41) is 19.9. The number of nitro benzene ring substituents is 1. The molecule has 1 aliphatic heterocycles. The molecule has 0 amide bonds. The zero-order valence-corrected chi connectivity index (χ0v) is 12.4. The topological polar surface area (TPSA) is 86.3 Å². The highest BCUT2D eigenvalue weighted by Gasteiger charge is 2.23. The van der Waals surface area contributed by atoms with Gasteiger partial charge in [-0.2, -0.15) is 5.26 Å². The molecule has 2 aromatic rings. The summed E-state index contributed by atoms with van der Waals surface area (Å²) in [6.07, 6.45) is 1.69. The van der Waals surface area contributed by atoms with Crippen molar-refractivity contribution in [3.63, 3.8) is 0 Å². The summed E-state index contributed by atoms with van der Waals surface area (Å²) in [6, 6.07) is 12.4. The Labute approximate surface area is 133 Å². The van der Waals surface area contributed by atoms with Gasteiger partial charge in [-0.15, -0.1) is 0 Å². The molecule has 1 aromatic carbocycles. The summed E-state index contributed by atoms with van der Waals surface area (Å²) in [5.74, 6) is 0. The predicted molar refractivity (Wildman–Crippen MR) is 86.5 cm³/mol. The highest BCUT2D eigenvalue weighted by Crippen LogP contribution is 2.29. The van der Waals surface area contributed by atoms with Gasteiger partial charge < -0.3 is 9.80 Å². The van der Waals surface area contributed by atoms with Gasteiger partial charge >= 0.3 is 0 Å². The van der Waals surface area contributed by atoms with Crippen LogP contribution in [0.2, 0.25) is 0 Å². The first-order valence-electron chi connectivity index (χ1n) is 7.28. The minimum absolute atomic E-state index is 0.140. The molecular weight excluding hydrogens is 294 g/mol. The second kappa shape index (κ2) is 6.32. The fourth-order valence-electron chi connectivity index (χ4n) is 2.73. The van der Waals surface area contributed by atoms with Crippen LogP contribution in [0, 0.1) is 21.4 Å². The second-order valence-electron chi connectivity index (χ2n) is 5.23. The largest absolute Gasteiger partial charge is 0.367 e. The van der Waals surface area contributed by atoms with Gasteiger partial charge in [0.05, 0.1) is 16.8 Å². The number of pyridine rings is 1. The lowest BCUT2D eigenvalue weighted by Crippen LogP contribution is -2.46. The molecule has 2 heterocycles. The highest BCUT2D eigenvalue weighted by molar-refractivity contribution is 5.64. The van der Waals surface area contributed by atoms with Crippen LogP contribution in [0.1, 0.15) is 5.69 Å². The van der Waals surface area contributed by atoms with E-state index in [1.807, 2.05) is 23.1 Å². The van der Waals surface area contributed by atoms with Gasteiger partial charge in [-0.1, -0.05) is 12.1 Å². The number of benzene rings is 1. The van der Waals surface area contributed by atoms with E-state index in [9.17, 15) is 10.1 Å². The van der Waals surface area contributed by atoms with E-state index in [2.05, 4.69) is 9.88 Å². The zero-order chi connectivity index (χ0) is 16.2. The van der Waals surface area contributed by atoms with Gasteiger partial charge in [0.1, 0.15) is 17.5 Å². The first-order chi connectivity index (χ1) is 11.2. The van der Waals surface area contributed by atoms with Crippen LogP contribution in [0.5, 0.6) is 0 Å². The Balaban J connectivity index is 1.71. The van der Waals surface area contributed by atoms with Crippen LogP contribution < -0.4 is 9.80 Å². The van der Waals surface area contributed by atoms with Crippen molar-refractivity contribution in [2.75, 3.05) is 36.0 Å². The fourth-order valence-corrected chi connectivity index (χ4v) is 2.73. The van der Waals surface area contributed by atoms with Gasteiger partial charge in [0.15, 0.2) is 0 Å². The molecule has 0 saturated carbocycles. The minimum atomic E-state index is -0.341. The molecular formula is C16H15N5O2. The number of hydrogen-bond acceptors (Lipinski definition) is 6. The maximum atomic E-state index is 11.1. The molecule has 1 aromatic heterocycles. The molecule has 0 atom stereocenters. The molecule has 7 heteroatoms. The van der Waals surface area contributed by atoms with Gasteiger partial charge in [-0.05, 0) is 18.2 Å². The summed E-state index contributed by atoms with van der Waals surface area (Å²) < 4.78 is 0. The summed E-state index contributed by atoms with van der Waals surface area (Å²) in [4.78, 5) is 19.1. The normalized spacial score (nSPS) is 14.4. The molecule has 0 unspecified atom stereocenters. The molecule has 1 saturated heterocycles. The average Bonchev–Trinajstić information content (AvgIpc) is 2.62. The summed E-state index contributed by atoms with van der Waals surface area (Å²) >= 11 is 0. The number of nitrogens with zero attached hydrogens (tertiary/aromatic N) is 5. The fraction of sp³-hybridized carbons (Fsp3) is 0.250. The molecule has 23 heavy (non-hydrogen) atoms. The van der Waals surface area contributed by atoms with Crippen LogP contribution in [0.3, 0.4) is 0 Å². The van der Waals surface area contributed by atoms with Crippen LogP contribution >= 0.6 is 0 Å². The molecule has 0 bridgehead atoms. The first kappa shape index (κ1) is 14.8. The molecule has 1 fully saturated rings. The Morgan fingerprint density at radius 1 is 1.09 bits per heavy atom. The molecule has 0 radical (unpaired) electrons. The Morgan fingerprint density at radius 3 is 2.39 bits per heavy atom. The SMILES string of the molecule is N#Cc1ccc(N2CCN(c3ccccc3[N+](=O)[O-])CC2)cn1. The van der Waals surface area contributed by atoms with Crippen molar-refractivity contribution in [2.24, 2.45) is 0 Å². The number of anilines is 2. The third-order valence-corrected chi connectivity index (χ3v) is 3.93. The van der Waals surface area contributed by atoms with Crippen molar-refractivity contribution in [2.45, 2.75) is 0 Å². The van der Waals surface area contributed by atoms with E-state index in [1.165, 1.54) is 6.07 Å². The first-order valence-corrected chi connectivity index (χ1v) is 7.28. The minimum Gasteiger partial charge on any atom is -0.367 e. The Hall–Kier alpha value is -3.14. The highest BCUT2D eigenvalue weighted by atomic mass is 16.6. The van der Waals surface area contributed by atoms with Gasteiger partial charge in [0, 0.05) is 32.2 Å². The van der Waals surface area contributed by atoms with Crippen molar-refractivity contribution in [3.05, 3.63) is 58.4 Å². The van der Waals surface area contributed by atoms with Crippen LogP contribution in [-0.4, -0.2) is 36.1 Å². The van der Waals surface area contributed by atoms with Gasteiger partial charge in [-0.25, -0.2) is 4.98 Å². The Kier molecular flexibility index (Phi) is 4.06. The lowest BCUT2D eigenvalue weighted by molar-refractivity contribution is -0.384. The van der Waals surface area contributed by atoms with Crippen LogP contribution in [0.15, 0.2) is 42.6 Å². The maximum Gasteiger partial charge on any atom is 0.292 e. The van der Waals surface area contributed by atoms with E-state index in [0.29, 0.717) is 24.5 Å². The smallest absolute Gasteiger partial charge is 0.292 e. The van der Waals surface area contributed by atoms with E-state index in [-0.39, 0.29) is 10.6 Å². The van der Waals surface area contributed by atoms with Crippen LogP contribution in [0.25, 0.3) is 0 Å². The molecule has 116 valence electrons. The number of rotatable bonds is 3. The molecule has 7 nitrogen and oxygen atoms in total. The average molecular weight is 309 g/mol. The number of hydrogen-bond donors (Lipinski definition) is 0. The number of piperazine rings is 1. The van der Waals surface area contributed by atoms with Crippen molar-refractivity contribution in [1.82, 2.24) is 4.98 Å². The van der Waals surface area contributed by atoms with E-state index in [4.69, 9.17) is 5.26 Å². The zero-order valence-electron chi connectivity index (χ0n) is 12.4. The van der Waals surface area contributed by atoms with E-state index >= 15 is 0 Å². The van der Waals surface area contributed by atoms with Crippen molar-refractivity contribution < 1.29 is 4.92 Å². The summed E-state index contributed by atoms with van der Waals surface area (Å²) in [6.45, 7) is 2.90. The Bertz CT molecular complexity index is 746. The van der Waals surface area contributed by atoms with Crippen molar-refractivity contribution >= 4 is 17.1 Å². The van der Waals surface area contributed by atoms with Crippen molar-refractivity contribution in [1.29, 1.82) is 5.26 Å². The second-order valence-corrected chi connectivity index (χ2v) is 5.23. The van der Waals surface area contributed by atoms with E-state index < -0.39 is 0 Å². The van der Waals surface area contributed by atoms with E-state index in [1.54, 1.807) is 24.4 Å². The lowest BCUT2D eigenvalue weighted by atomic mass is 10.2. The molecule has 1 aliphatic rings. The summed E-state index contributed by atoms with van der Waals surface area (Å²) in [7, 11) is 0. The predicted octanol–water partition coefficient (Wildman–Crippen LogP) is 2.19. The maximum absolute atomic E-state index is 11.1. The summed E-state index contributed by atoms with van der Waals surface area (Å²) in [5.41, 5.74) is 2.16. The molecule has 0 aliphatic carbocycles. The van der Waals surface area contributed by atoms with Gasteiger partial charge in [-0.3, -0.25) is 10.1 Å². The number of nitriles is 1. The standard InChI is InChI=1S/C16H15N5O2/c17-11-13-5-6-14(12-18-13)19-7-9-20(10-8-19)15-3-1-2-4-16(15)21(22)23/h1-6,12H,7-10H2. The number of para-hydroxylation sites is 2. The van der Waals surface area contributed by atoms with Gasteiger partial charge in [0.2, 0.25) is 0 Å². The molecule has 3 rings (SSSR count). The number of nitro groups is 1. The third-order valence-electron chi connectivity index (χ3n) is 3.93. The van der Waals surface area contributed by atoms with Crippen LogP contribution in [-0.2, 0) is 0 Å².